The van der Waals surface area contributed by atoms with Gasteiger partial charge in [-0.3, -0.25) is 9.59 Å². The Morgan fingerprint density at radius 2 is 0.679 bits per heavy atom. The van der Waals surface area contributed by atoms with Gasteiger partial charge in [0.1, 0.15) is 0 Å². The van der Waals surface area contributed by atoms with Crippen LogP contribution in [-0.2, 0) is 38.0 Å². The zero-order chi connectivity index (χ0) is 38.9. The minimum atomic E-state index is -0.490. The molecular formula is C44H86O9. The lowest BCUT2D eigenvalue weighted by atomic mass is 10.1. The average Bonchev–Trinajstić information content (AvgIpc) is 3.16. The number of aliphatic hydroxyl groups is 1. The van der Waals surface area contributed by atoms with Gasteiger partial charge in [-0.25, -0.2) is 0 Å². The maximum atomic E-state index is 12.6. The Balaban J connectivity index is 4.58. The summed E-state index contributed by atoms with van der Waals surface area (Å²) in [5.74, 6) is -1.24. The number of hydrogen-bond donors (Lipinski definition) is 1. The summed E-state index contributed by atoms with van der Waals surface area (Å²) in [7, 11) is 0. The first-order chi connectivity index (χ1) is 26.0. The van der Waals surface area contributed by atoms with Crippen LogP contribution in [0.4, 0.5) is 0 Å². The molecule has 0 aliphatic carbocycles. The molecule has 0 aliphatic rings. The molecule has 9 nitrogen and oxygen atoms in total. The highest BCUT2D eigenvalue weighted by Gasteiger charge is 2.18. The minimum absolute atomic E-state index is 0.0180. The van der Waals surface area contributed by atoms with Crippen LogP contribution in [0.25, 0.3) is 0 Å². The number of esters is 2. The Morgan fingerprint density at radius 3 is 0.943 bits per heavy atom. The first-order valence-corrected chi connectivity index (χ1v) is 22.4. The van der Waals surface area contributed by atoms with Crippen LogP contribution in [0.3, 0.4) is 0 Å². The van der Waals surface area contributed by atoms with Gasteiger partial charge in [-0.2, -0.15) is 0 Å². The maximum absolute atomic E-state index is 12.6. The molecule has 1 N–H and O–H groups in total. The fourth-order valence-corrected chi connectivity index (χ4v) is 6.01. The summed E-state index contributed by atoms with van der Waals surface area (Å²) < 4.78 is 35.1. The number of ether oxygens (including phenoxy) is 6. The third-order valence-electron chi connectivity index (χ3n) is 9.59. The summed E-state index contributed by atoms with van der Waals surface area (Å²) in [4.78, 5) is 25.3. The van der Waals surface area contributed by atoms with Crippen LogP contribution >= 0.6 is 0 Å². The molecule has 0 aromatic heterocycles. The SMILES string of the molecule is CCCCCCCCOC(CCC(=O)OCC(CO)COC(=O)CCC(OCCCCCCCC)OCCCCCCCC)OCCCCCCCC. The highest BCUT2D eigenvalue weighted by Crippen LogP contribution is 2.14. The molecule has 0 fully saturated rings. The number of unbranched alkanes of at least 4 members (excludes halogenated alkanes) is 20. The highest BCUT2D eigenvalue weighted by atomic mass is 16.7. The van der Waals surface area contributed by atoms with Gasteiger partial charge >= 0.3 is 11.9 Å². The van der Waals surface area contributed by atoms with Crippen molar-refractivity contribution in [2.75, 3.05) is 46.2 Å². The van der Waals surface area contributed by atoms with Crippen molar-refractivity contribution in [2.45, 2.75) is 220 Å². The van der Waals surface area contributed by atoms with Crippen LogP contribution in [0, 0.1) is 5.92 Å². The molecule has 0 spiro atoms. The van der Waals surface area contributed by atoms with E-state index in [0.717, 1.165) is 51.4 Å². The lowest BCUT2D eigenvalue weighted by molar-refractivity contribution is -0.163. The highest BCUT2D eigenvalue weighted by molar-refractivity contribution is 5.69. The Bertz CT molecular complexity index is 669. The number of hydrogen-bond acceptors (Lipinski definition) is 9. The van der Waals surface area contributed by atoms with Crippen molar-refractivity contribution in [3.05, 3.63) is 0 Å². The van der Waals surface area contributed by atoms with Crippen LogP contribution in [0.5, 0.6) is 0 Å². The largest absolute Gasteiger partial charge is 0.465 e. The third kappa shape index (κ3) is 37.4. The molecule has 0 bridgehead atoms. The second-order valence-electron chi connectivity index (χ2n) is 14.9. The molecule has 316 valence electrons. The summed E-state index contributed by atoms with van der Waals surface area (Å²) in [6, 6.07) is 0. The zero-order valence-electron chi connectivity index (χ0n) is 35.2. The van der Waals surface area contributed by atoms with E-state index in [2.05, 4.69) is 27.7 Å². The van der Waals surface area contributed by atoms with Gasteiger partial charge in [0.15, 0.2) is 12.6 Å². The smallest absolute Gasteiger partial charge is 0.305 e. The van der Waals surface area contributed by atoms with E-state index in [1.54, 1.807) is 0 Å². The topological polar surface area (TPSA) is 110 Å². The van der Waals surface area contributed by atoms with Crippen molar-refractivity contribution in [3.8, 4) is 0 Å². The van der Waals surface area contributed by atoms with Crippen LogP contribution in [0.2, 0.25) is 0 Å². The van der Waals surface area contributed by atoms with Gasteiger partial charge in [0, 0.05) is 39.3 Å². The van der Waals surface area contributed by atoms with Crippen molar-refractivity contribution >= 4 is 11.9 Å². The van der Waals surface area contributed by atoms with Gasteiger partial charge in [0.2, 0.25) is 0 Å². The van der Waals surface area contributed by atoms with Gasteiger partial charge in [-0.1, -0.05) is 156 Å². The number of aliphatic hydroxyl groups excluding tert-OH is 1. The molecule has 0 aromatic rings. The van der Waals surface area contributed by atoms with Gasteiger partial charge in [0.05, 0.1) is 38.6 Å². The number of carbonyl (C=O) groups is 2. The van der Waals surface area contributed by atoms with E-state index in [-0.39, 0.29) is 44.6 Å². The molecule has 0 radical (unpaired) electrons. The van der Waals surface area contributed by atoms with E-state index in [1.807, 2.05) is 0 Å². The summed E-state index contributed by atoms with van der Waals surface area (Å²) in [6.45, 7) is 11.1. The Labute approximate surface area is 326 Å². The molecular weight excluding hydrogens is 672 g/mol. The average molecular weight is 759 g/mol. The van der Waals surface area contributed by atoms with Crippen LogP contribution in [0.1, 0.15) is 207 Å². The monoisotopic (exact) mass is 759 g/mol. The van der Waals surface area contributed by atoms with Crippen molar-refractivity contribution in [3.63, 3.8) is 0 Å². The summed E-state index contributed by atoms with van der Waals surface area (Å²) in [6.07, 6.45) is 28.8. The van der Waals surface area contributed by atoms with Crippen LogP contribution in [-0.4, -0.2) is 75.9 Å². The second kappa shape index (κ2) is 41.9. The second-order valence-corrected chi connectivity index (χ2v) is 14.9. The molecule has 0 unspecified atom stereocenters. The number of rotatable bonds is 43. The quantitative estimate of drug-likeness (QED) is 0.0369. The third-order valence-corrected chi connectivity index (χ3v) is 9.59. The minimum Gasteiger partial charge on any atom is -0.465 e. The van der Waals surface area contributed by atoms with Crippen LogP contribution in [0.15, 0.2) is 0 Å². The Morgan fingerprint density at radius 1 is 0.415 bits per heavy atom. The fraction of sp³-hybridized carbons (Fsp3) is 0.955. The lowest BCUT2D eigenvalue weighted by Crippen LogP contribution is -2.25. The molecule has 0 heterocycles. The van der Waals surface area contributed by atoms with E-state index in [4.69, 9.17) is 28.4 Å². The Hall–Kier alpha value is -1.26. The standard InChI is InChI=1S/C44H86O9/c1-5-9-13-17-21-25-33-48-43(49-34-26-22-18-14-10-6-2)31-29-41(46)52-38-40(37-45)39-53-42(47)30-32-44(50-35-27-23-19-15-11-7-3)51-36-28-24-20-16-12-8-4/h40,43-45H,5-39H2,1-4H3. The van der Waals surface area contributed by atoms with E-state index in [1.165, 1.54) is 103 Å². The molecule has 0 saturated heterocycles. The van der Waals surface area contributed by atoms with Gasteiger partial charge < -0.3 is 33.5 Å². The number of carbonyl (C=O) groups excluding carboxylic acids is 2. The van der Waals surface area contributed by atoms with Crippen molar-refractivity contribution in [2.24, 2.45) is 5.92 Å². The molecule has 0 amide bonds. The summed E-state index contributed by atoms with van der Waals surface area (Å²) >= 11 is 0. The van der Waals surface area contributed by atoms with Crippen molar-refractivity contribution in [1.29, 1.82) is 0 Å². The molecule has 0 saturated carbocycles. The fourth-order valence-electron chi connectivity index (χ4n) is 6.01. The zero-order valence-corrected chi connectivity index (χ0v) is 35.2. The Kier molecular flexibility index (Phi) is 40.9. The first-order valence-electron chi connectivity index (χ1n) is 22.4. The first kappa shape index (κ1) is 51.7. The summed E-state index contributed by atoms with van der Waals surface area (Å²) in [5.41, 5.74) is 0. The van der Waals surface area contributed by atoms with E-state index >= 15 is 0 Å². The maximum Gasteiger partial charge on any atom is 0.305 e. The summed E-state index contributed by atoms with van der Waals surface area (Å²) in [5, 5.41) is 9.88. The van der Waals surface area contributed by atoms with E-state index in [0.29, 0.717) is 39.3 Å². The van der Waals surface area contributed by atoms with Gasteiger partial charge in [0.25, 0.3) is 0 Å². The van der Waals surface area contributed by atoms with Crippen LogP contribution < -0.4 is 0 Å². The van der Waals surface area contributed by atoms with Crippen molar-refractivity contribution in [1.82, 2.24) is 0 Å². The molecule has 0 aliphatic heterocycles. The molecule has 0 aromatic carbocycles. The van der Waals surface area contributed by atoms with E-state index in [9.17, 15) is 14.7 Å². The molecule has 0 atom stereocenters. The van der Waals surface area contributed by atoms with Gasteiger partial charge in [-0.15, -0.1) is 0 Å². The molecule has 53 heavy (non-hydrogen) atoms. The van der Waals surface area contributed by atoms with Gasteiger partial charge in [-0.05, 0) is 25.7 Å². The predicted octanol–water partition coefficient (Wildman–Crippen LogP) is 11.4. The normalized spacial score (nSPS) is 11.7. The lowest BCUT2D eigenvalue weighted by Gasteiger charge is -2.20. The van der Waals surface area contributed by atoms with Crippen molar-refractivity contribution < 1.29 is 43.1 Å². The molecule has 9 heteroatoms. The predicted molar refractivity (Wildman–Crippen MR) is 216 cm³/mol. The van der Waals surface area contributed by atoms with E-state index < -0.39 is 18.5 Å². The molecule has 0 rings (SSSR count).